The maximum absolute atomic E-state index is 13.0. The van der Waals surface area contributed by atoms with Crippen LogP contribution in [0.4, 0.5) is 0 Å². The van der Waals surface area contributed by atoms with Crippen molar-refractivity contribution in [1.82, 2.24) is 9.62 Å². The van der Waals surface area contributed by atoms with E-state index in [-0.39, 0.29) is 33.4 Å². The van der Waals surface area contributed by atoms with E-state index < -0.39 is 10.0 Å². The second-order valence-corrected chi connectivity index (χ2v) is 7.79. The Morgan fingerprint density at radius 3 is 2.27 bits per heavy atom. The lowest BCUT2D eigenvalue weighted by molar-refractivity contribution is 0.262. The molecule has 1 saturated heterocycles. The van der Waals surface area contributed by atoms with E-state index in [1.807, 2.05) is 6.92 Å². The molecule has 22 heavy (non-hydrogen) atoms. The van der Waals surface area contributed by atoms with Crippen LogP contribution in [0.1, 0.15) is 26.2 Å². The van der Waals surface area contributed by atoms with Crippen LogP contribution >= 0.6 is 35.6 Å². The van der Waals surface area contributed by atoms with E-state index in [1.54, 1.807) is 22.5 Å². The molecule has 1 N–H and O–H groups in total. The van der Waals surface area contributed by atoms with Gasteiger partial charge in [0, 0.05) is 12.6 Å². The van der Waals surface area contributed by atoms with E-state index in [1.165, 1.54) is 0 Å². The molecule has 126 valence electrons. The van der Waals surface area contributed by atoms with Gasteiger partial charge in [0.15, 0.2) is 0 Å². The molecule has 0 unspecified atom stereocenters. The van der Waals surface area contributed by atoms with Gasteiger partial charge in [-0.05, 0) is 44.5 Å². The van der Waals surface area contributed by atoms with E-state index in [2.05, 4.69) is 5.32 Å². The summed E-state index contributed by atoms with van der Waals surface area (Å²) in [5, 5.41) is 3.61. The molecule has 8 heteroatoms. The Morgan fingerprint density at radius 2 is 1.77 bits per heavy atom. The number of rotatable bonds is 5. The Balaban J connectivity index is 0.00000242. The van der Waals surface area contributed by atoms with Gasteiger partial charge in [-0.2, -0.15) is 4.31 Å². The molecule has 1 aliphatic heterocycles. The summed E-state index contributed by atoms with van der Waals surface area (Å²) in [5.41, 5.74) is 0. The number of benzene rings is 1. The van der Waals surface area contributed by atoms with Crippen molar-refractivity contribution in [2.75, 3.05) is 19.6 Å². The van der Waals surface area contributed by atoms with E-state index in [0.717, 1.165) is 32.4 Å². The first-order chi connectivity index (χ1) is 9.98. The third-order valence-corrected chi connectivity index (χ3v) is 6.55. The van der Waals surface area contributed by atoms with Crippen LogP contribution in [0.25, 0.3) is 0 Å². The number of nitrogens with zero attached hydrogens (tertiary/aromatic N) is 1. The zero-order valence-corrected chi connectivity index (χ0v) is 15.5. The maximum atomic E-state index is 13.0. The summed E-state index contributed by atoms with van der Waals surface area (Å²) in [4.78, 5) is 0.0281. The molecule has 1 heterocycles. The molecule has 0 atom stereocenters. The van der Waals surface area contributed by atoms with Crippen LogP contribution in [0.2, 0.25) is 10.0 Å². The highest BCUT2D eigenvalue weighted by Gasteiger charge is 2.34. The zero-order chi connectivity index (χ0) is 15.5. The third kappa shape index (κ3) is 4.28. The lowest BCUT2D eigenvalue weighted by Gasteiger charge is -2.34. The molecule has 1 aliphatic rings. The molecule has 0 saturated carbocycles. The molecule has 0 spiro atoms. The predicted molar refractivity (Wildman–Crippen MR) is 93.8 cm³/mol. The van der Waals surface area contributed by atoms with Gasteiger partial charge in [-0.15, -0.1) is 12.4 Å². The molecule has 0 aliphatic carbocycles. The summed E-state index contributed by atoms with van der Waals surface area (Å²) in [7, 11) is -3.68. The minimum Gasteiger partial charge on any atom is -0.317 e. The second-order valence-electron chi connectivity index (χ2n) is 5.15. The van der Waals surface area contributed by atoms with Crippen molar-refractivity contribution in [2.45, 2.75) is 37.1 Å². The predicted octanol–water partition coefficient (Wildman–Crippen LogP) is 3.57. The monoisotopic (exact) mass is 386 g/mol. The van der Waals surface area contributed by atoms with Gasteiger partial charge in [-0.3, -0.25) is 0 Å². The number of nitrogens with one attached hydrogen (secondary N) is 1. The van der Waals surface area contributed by atoms with Crippen molar-refractivity contribution in [3.63, 3.8) is 0 Å². The number of hydrogen-bond acceptors (Lipinski definition) is 3. The van der Waals surface area contributed by atoms with Gasteiger partial charge in [0.25, 0.3) is 0 Å². The minimum atomic E-state index is -3.68. The Kier molecular flexibility index (Phi) is 7.92. The van der Waals surface area contributed by atoms with Crippen LogP contribution in [-0.4, -0.2) is 38.4 Å². The lowest BCUT2D eigenvalue weighted by Crippen LogP contribution is -2.46. The molecule has 0 bridgehead atoms. The summed E-state index contributed by atoms with van der Waals surface area (Å²) in [6.45, 7) is 4.11. The number of hydrogen-bond donors (Lipinski definition) is 1. The van der Waals surface area contributed by atoms with Crippen LogP contribution in [0.5, 0.6) is 0 Å². The summed E-state index contributed by atoms with van der Waals surface area (Å²) in [6.07, 6.45) is 2.37. The third-order valence-electron chi connectivity index (χ3n) is 3.65. The normalized spacial score (nSPS) is 16.5. The van der Waals surface area contributed by atoms with Crippen molar-refractivity contribution >= 4 is 45.6 Å². The highest BCUT2D eigenvalue weighted by Crippen LogP contribution is 2.33. The summed E-state index contributed by atoms with van der Waals surface area (Å²) >= 11 is 12.2. The standard InChI is InChI=1S/C14H20Cl2N2O2S.ClH/c1-2-10-18(11-6-8-17-9-7-11)21(19,20)14-12(15)4-3-5-13(14)16;/h3-5,11,17H,2,6-10H2,1H3;1H. The Hall–Kier alpha value is -0.0400. The van der Waals surface area contributed by atoms with E-state index in [9.17, 15) is 8.42 Å². The van der Waals surface area contributed by atoms with Crippen LogP contribution < -0.4 is 5.32 Å². The first-order valence-corrected chi connectivity index (χ1v) is 9.34. The molecule has 4 nitrogen and oxygen atoms in total. The van der Waals surface area contributed by atoms with Crippen molar-refractivity contribution in [1.29, 1.82) is 0 Å². The van der Waals surface area contributed by atoms with Gasteiger partial charge in [-0.1, -0.05) is 36.2 Å². The molecular formula is C14H21Cl3N2O2S. The fraction of sp³-hybridized carbons (Fsp3) is 0.571. The molecule has 0 aromatic heterocycles. The maximum Gasteiger partial charge on any atom is 0.246 e. The Bertz CT molecular complexity index is 570. The van der Waals surface area contributed by atoms with Gasteiger partial charge in [0.2, 0.25) is 10.0 Å². The molecule has 0 radical (unpaired) electrons. The molecule has 0 amide bonds. The minimum absolute atomic E-state index is 0. The highest BCUT2D eigenvalue weighted by atomic mass is 35.5. The topological polar surface area (TPSA) is 49.4 Å². The Morgan fingerprint density at radius 1 is 1.23 bits per heavy atom. The zero-order valence-electron chi connectivity index (χ0n) is 12.4. The Labute approximate surface area is 148 Å². The SMILES string of the molecule is CCCN(C1CCNCC1)S(=O)(=O)c1c(Cl)cccc1Cl.Cl. The fourth-order valence-corrected chi connectivity index (χ4v) is 5.53. The second kappa shape index (κ2) is 8.71. The van der Waals surface area contributed by atoms with Gasteiger partial charge in [-0.25, -0.2) is 8.42 Å². The number of piperidine rings is 1. The fourth-order valence-electron chi connectivity index (χ4n) is 2.66. The summed E-state index contributed by atoms with van der Waals surface area (Å²) < 4.78 is 27.6. The smallest absolute Gasteiger partial charge is 0.246 e. The van der Waals surface area contributed by atoms with Crippen LogP contribution in [-0.2, 0) is 10.0 Å². The molecular weight excluding hydrogens is 367 g/mol. The van der Waals surface area contributed by atoms with Crippen molar-refractivity contribution in [3.05, 3.63) is 28.2 Å². The van der Waals surface area contributed by atoms with Gasteiger partial charge in [0.1, 0.15) is 4.90 Å². The average Bonchev–Trinajstić information content (AvgIpc) is 2.45. The molecule has 1 aromatic rings. The van der Waals surface area contributed by atoms with Crippen molar-refractivity contribution in [2.24, 2.45) is 0 Å². The summed E-state index contributed by atoms with van der Waals surface area (Å²) in [6, 6.07) is 4.78. The number of halogens is 3. The molecule has 1 aromatic carbocycles. The van der Waals surface area contributed by atoms with Crippen molar-refractivity contribution < 1.29 is 8.42 Å². The van der Waals surface area contributed by atoms with E-state index in [0.29, 0.717) is 6.54 Å². The molecule has 2 rings (SSSR count). The quantitative estimate of drug-likeness (QED) is 0.840. The first-order valence-electron chi connectivity index (χ1n) is 7.15. The van der Waals surface area contributed by atoms with E-state index >= 15 is 0 Å². The van der Waals surface area contributed by atoms with Gasteiger partial charge < -0.3 is 5.32 Å². The largest absolute Gasteiger partial charge is 0.317 e. The number of sulfonamides is 1. The first kappa shape index (κ1) is 20.0. The summed E-state index contributed by atoms with van der Waals surface area (Å²) in [5.74, 6) is 0. The highest BCUT2D eigenvalue weighted by molar-refractivity contribution is 7.89. The van der Waals surface area contributed by atoms with Crippen molar-refractivity contribution in [3.8, 4) is 0 Å². The lowest BCUT2D eigenvalue weighted by atomic mass is 10.1. The molecule has 1 fully saturated rings. The van der Waals surface area contributed by atoms with Gasteiger partial charge >= 0.3 is 0 Å². The van der Waals surface area contributed by atoms with Crippen LogP contribution in [0, 0.1) is 0 Å². The van der Waals surface area contributed by atoms with Gasteiger partial charge in [0.05, 0.1) is 10.0 Å². The van der Waals surface area contributed by atoms with Crippen LogP contribution in [0.15, 0.2) is 23.1 Å². The van der Waals surface area contributed by atoms with E-state index in [4.69, 9.17) is 23.2 Å². The van der Waals surface area contributed by atoms with Crippen LogP contribution in [0.3, 0.4) is 0 Å². The average molecular weight is 388 g/mol.